The molecule has 0 atom stereocenters. The third kappa shape index (κ3) is 5.17. The fourth-order valence-corrected chi connectivity index (χ4v) is 3.75. The van der Waals surface area contributed by atoms with Gasteiger partial charge in [0.05, 0.1) is 24.2 Å². The van der Waals surface area contributed by atoms with Crippen molar-refractivity contribution in [2.75, 3.05) is 32.2 Å². The van der Waals surface area contributed by atoms with Crippen molar-refractivity contribution in [2.24, 2.45) is 10.7 Å². The molecule has 0 bridgehead atoms. The van der Waals surface area contributed by atoms with Gasteiger partial charge in [0.25, 0.3) is 0 Å². The molecule has 5 nitrogen and oxygen atoms in total. The number of methoxy groups -OCH3 is 1. The fraction of sp³-hybridized carbons (Fsp3) is 0.381. The Bertz CT molecular complexity index is 913. The number of rotatable bonds is 5. The third-order valence-electron chi connectivity index (χ3n) is 5.23. The van der Waals surface area contributed by atoms with Gasteiger partial charge in [-0.1, -0.05) is 29.8 Å². The Labute approximate surface area is 178 Å². The molecule has 2 aromatic carbocycles. The first kappa shape index (κ1) is 22.2. The molecule has 1 aliphatic heterocycles. The van der Waals surface area contributed by atoms with E-state index in [1.54, 1.807) is 24.3 Å². The van der Waals surface area contributed by atoms with E-state index in [4.69, 9.17) is 26.8 Å². The van der Waals surface area contributed by atoms with Crippen LogP contribution in [0.1, 0.15) is 24.0 Å². The van der Waals surface area contributed by atoms with Crippen molar-refractivity contribution in [1.82, 2.24) is 0 Å². The van der Waals surface area contributed by atoms with E-state index in [-0.39, 0.29) is 12.5 Å². The molecule has 9 heteroatoms. The lowest BCUT2D eigenvalue weighted by molar-refractivity contribution is -0.137. The Balaban J connectivity index is 1.82. The largest absolute Gasteiger partial charge is 0.495 e. The molecule has 3 N–H and O–H groups in total. The Kier molecular flexibility index (Phi) is 6.77. The highest BCUT2D eigenvalue weighted by Gasteiger charge is 2.37. The number of hydrogen-bond donors (Lipinski definition) is 2. The van der Waals surface area contributed by atoms with Gasteiger partial charge in [-0.2, -0.15) is 13.2 Å². The standard InChI is InChI=1S/C21H23ClF3N3O2/c1-29-18-6-5-16(12-17(18)22)28-19(26)27-13-20(7-9-30-10-8-20)14-3-2-4-15(11-14)21(23,24)25/h2-6,11-12H,7-10,13H2,1H3,(H3,26,27,28). The molecule has 0 aliphatic carbocycles. The summed E-state index contributed by atoms with van der Waals surface area (Å²) in [7, 11) is 1.52. The Morgan fingerprint density at radius 3 is 2.60 bits per heavy atom. The van der Waals surface area contributed by atoms with Crippen LogP contribution in [0.15, 0.2) is 47.5 Å². The Morgan fingerprint density at radius 1 is 1.23 bits per heavy atom. The van der Waals surface area contributed by atoms with E-state index in [0.717, 1.165) is 6.07 Å². The van der Waals surface area contributed by atoms with E-state index in [0.29, 0.717) is 48.1 Å². The van der Waals surface area contributed by atoms with Crippen molar-refractivity contribution >= 4 is 23.2 Å². The molecule has 0 radical (unpaired) electrons. The summed E-state index contributed by atoms with van der Waals surface area (Å²) in [5.41, 5.74) is 6.00. The predicted octanol–water partition coefficient (Wildman–Crippen LogP) is 4.84. The molecule has 162 valence electrons. The maximum absolute atomic E-state index is 13.2. The summed E-state index contributed by atoms with van der Waals surface area (Å²) in [6.07, 6.45) is -3.29. The number of nitrogens with zero attached hydrogens (tertiary/aromatic N) is 1. The van der Waals surface area contributed by atoms with E-state index in [1.165, 1.54) is 19.2 Å². The number of aliphatic imine (C=N–C) groups is 1. The van der Waals surface area contributed by atoms with Gasteiger partial charge in [-0.25, -0.2) is 0 Å². The summed E-state index contributed by atoms with van der Waals surface area (Å²) in [6, 6.07) is 10.5. The molecular weight excluding hydrogens is 419 g/mol. The summed E-state index contributed by atoms with van der Waals surface area (Å²) < 4.78 is 50.2. The van der Waals surface area contributed by atoms with Crippen LogP contribution in [0.5, 0.6) is 5.75 Å². The minimum absolute atomic E-state index is 0.147. The van der Waals surface area contributed by atoms with Gasteiger partial charge in [-0.05, 0) is 42.7 Å². The zero-order valence-electron chi connectivity index (χ0n) is 16.4. The van der Waals surface area contributed by atoms with Crippen LogP contribution in [0.25, 0.3) is 0 Å². The van der Waals surface area contributed by atoms with Crippen molar-refractivity contribution in [3.63, 3.8) is 0 Å². The lowest BCUT2D eigenvalue weighted by Crippen LogP contribution is -2.38. The lowest BCUT2D eigenvalue weighted by Gasteiger charge is -2.37. The molecule has 2 aromatic rings. The van der Waals surface area contributed by atoms with Crippen molar-refractivity contribution in [3.8, 4) is 5.75 Å². The van der Waals surface area contributed by atoms with E-state index < -0.39 is 17.2 Å². The highest BCUT2D eigenvalue weighted by molar-refractivity contribution is 6.32. The van der Waals surface area contributed by atoms with Crippen LogP contribution >= 0.6 is 11.6 Å². The zero-order chi connectivity index (χ0) is 21.8. The molecule has 1 fully saturated rings. The van der Waals surface area contributed by atoms with E-state index in [9.17, 15) is 13.2 Å². The van der Waals surface area contributed by atoms with Gasteiger partial charge in [-0.15, -0.1) is 0 Å². The summed E-state index contributed by atoms with van der Waals surface area (Å²) in [5.74, 6) is 0.678. The molecule has 0 unspecified atom stereocenters. The van der Waals surface area contributed by atoms with Gasteiger partial charge in [0.1, 0.15) is 5.75 Å². The molecular formula is C21H23ClF3N3O2. The van der Waals surface area contributed by atoms with Crippen molar-refractivity contribution in [3.05, 3.63) is 58.6 Å². The van der Waals surface area contributed by atoms with Gasteiger partial charge < -0.3 is 20.5 Å². The number of alkyl halides is 3. The van der Waals surface area contributed by atoms with Crippen molar-refractivity contribution < 1.29 is 22.6 Å². The minimum atomic E-state index is -4.40. The highest BCUT2D eigenvalue weighted by atomic mass is 35.5. The second-order valence-electron chi connectivity index (χ2n) is 7.15. The number of anilines is 1. The van der Waals surface area contributed by atoms with Crippen LogP contribution in [0.3, 0.4) is 0 Å². The van der Waals surface area contributed by atoms with E-state index in [1.807, 2.05) is 0 Å². The number of hydrogen-bond acceptors (Lipinski definition) is 3. The first-order valence-corrected chi connectivity index (χ1v) is 9.77. The van der Waals surface area contributed by atoms with E-state index in [2.05, 4.69) is 10.3 Å². The van der Waals surface area contributed by atoms with Crippen LogP contribution in [0.4, 0.5) is 18.9 Å². The number of nitrogens with two attached hydrogens (primary N) is 1. The fourth-order valence-electron chi connectivity index (χ4n) is 3.49. The summed E-state index contributed by atoms with van der Waals surface area (Å²) in [4.78, 5) is 4.43. The van der Waals surface area contributed by atoms with Gasteiger partial charge in [0, 0.05) is 24.3 Å². The van der Waals surface area contributed by atoms with Crippen LogP contribution in [0, 0.1) is 0 Å². The average molecular weight is 442 g/mol. The molecule has 1 saturated heterocycles. The maximum Gasteiger partial charge on any atom is 0.416 e. The maximum atomic E-state index is 13.2. The zero-order valence-corrected chi connectivity index (χ0v) is 17.2. The van der Waals surface area contributed by atoms with Gasteiger partial charge >= 0.3 is 6.18 Å². The van der Waals surface area contributed by atoms with Crippen LogP contribution in [-0.4, -0.2) is 32.8 Å². The highest BCUT2D eigenvalue weighted by Crippen LogP contribution is 2.38. The van der Waals surface area contributed by atoms with Gasteiger partial charge in [0.2, 0.25) is 0 Å². The second-order valence-corrected chi connectivity index (χ2v) is 7.55. The first-order valence-electron chi connectivity index (χ1n) is 9.39. The summed E-state index contributed by atoms with van der Waals surface area (Å²) >= 11 is 6.11. The SMILES string of the molecule is COc1ccc(NC(N)=NCC2(c3cccc(C(F)(F)F)c3)CCOCC2)cc1Cl. The number of halogens is 4. The molecule has 1 heterocycles. The number of guanidine groups is 1. The Morgan fingerprint density at radius 2 is 1.97 bits per heavy atom. The van der Waals surface area contributed by atoms with Gasteiger partial charge in [0.15, 0.2) is 5.96 Å². The third-order valence-corrected chi connectivity index (χ3v) is 5.52. The summed E-state index contributed by atoms with van der Waals surface area (Å²) in [5, 5.41) is 3.37. The number of ether oxygens (including phenoxy) is 2. The normalized spacial score (nSPS) is 16.9. The number of benzene rings is 2. The molecule has 3 rings (SSSR count). The minimum Gasteiger partial charge on any atom is -0.495 e. The van der Waals surface area contributed by atoms with Crippen molar-refractivity contribution in [1.29, 1.82) is 0 Å². The van der Waals surface area contributed by atoms with Crippen LogP contribution < -0.4 is 15.8 Å². The topological polar surface area (TPSA) is 68.9 Å². The van der Waals surface area contributed by atoms with Crippen LogP contribution in [0.2, 0.25) is 5.02 Å². The van der Waals surface area contributed by atoms with Crippen molar-refractivity contribution in [2.45, 2.75) is 24.4 Å². The molecule has 30 heavy (non-hydrogen) atoms. The van der Waals surface area contributed by atoms with Gasteiger partial charge in [-0.3, -0.25) is 4.99 Å². The molecule has 1 aliphatic rings. The average Bonchev–Trinajstić information content (AvgIpc) is 2.73. The number of nitrogens with one attached hydrogen (secondary N) is 1. The quantitative estimate of drug-likeness (QED) is 0.514. The second kappa shape index (κ2) is 9.14. The molecule has 0 aromatic heterocycles. The molecule has 0 saturated carbocycles. The lowest BCUT2D eigenvalue weighted by atomic mass is 9.74. The molecule has 0 amide bonds. The van der Waals surface area contributed by atoms with Crippen LogP contribution in [-0.2, 0) is 16.3 Å². The monoisotopic (exact) mass is 441 g/mol. The Hall–Kier alpha value is -2.45. The smallest absolute Gasteiger partial charge is 0.416 e. The molecule has 0 spiro atoms. The summed E-state index contributed by atoms with van der Waals surface area (Å²) in [6.45, 7) is 1.14. The predicted molar refractivity (Wildman–Crippen MR) is 111 cm³/mol. The van der Waals surface area contributed by atoms with E-state index >= 15 is 0 Å². The first-order chi connectivity index (χ1) is 14.2.